The van der Waals surface area contributed by atoms with Crippen LogP contribution in [0.2, 0.25) is 25.7 Å². The number of carbonyl (C=O) groups is 1. The van der Waals surface area contributed by atoms with Crippen molar-refractivity contribution in [2.75, 3.05) is 13.2 Å². The first-order valence-corrected chi connectivity index (χ1v) is 9.75. The van der Waals surface area contributed by atoms with Gasteiger partial charge in [0.15, 0.2) is 8.10 Å². The lowest BCUT2D eigenvalue weighted by atomic mass is 10.6. The number of ether oxygens (including phenoxy) is 2. The van der Waals surface area contributed by atoms with E-state index in [1.54, 1.807) is 6.92 Å². The van der Waals surface area contributed by atoms with Crippen molar-refractivity contribution in [3.05, 3.63) is 12.1 Å². The van der Waals surface area contributed by atoms with E-state index in [-0.39, 0.29) is 42.4 Å². The first-order valence-electron chi connectivity index (χ1n) is 6.55. The summed E-state index contributed by atoms with van der Waals surface area (Å²) in [6.45, 7) is 9.55. The molecule has 8 heteroatoms. The van der Waals surface area contributed by atoms with Crippen molar-refractivity contribution in [3.63, 3.8) is 0 Å². The second kappa shape index (κ2) is 8.44. The average molecular weight is 353 g/mol. The third-order valence-electron chi connectivity index (χ3n) is 2.28. The molecule has 0 bridgehead atoms. The summed E-state index contributed by atoms with van der Waals surface area (Å²) in [5.74, 6) is -0.481. The predicted octanol–water partition coefficient (Wildman–Crippen LogP) is -1.81. The van der Waals surface area contributed by atoms with E-state index in [4.69, 9.17) is 10.8 Å². The van der Waals surface area contributed by atoms with Crippen LogP contribution in [0.25, 0.3) is 0 Å². The number of halogens is 1. The van der Waals surface area contributed by atoms with Crippen LogP contribution in [0.15, 0.2) is 6.30 Å². The molecule has 0 radical (unpaired) electrons. The van der Waals surface area contributed by atoms with Gasteiger partial charge in [0.2, 0.25) is 0 Å². The quantitative estimate of drug-likeness (QED) is 0.329. The molecule has 6 nitrogen and oxygen atoms in total. The van der Waals surface area contributed by atoms with Gasteiger partial charge in [-0.25, -0.2) is 4.79 Å². The van der Waals surface area contributed by atoms with Crippen molar-refractivity contribution in [1.82, 2.24) is 9.67 Å². The zero-order valence-electron chi connectivity index (χ0n) is 12.8. The Kier molecular flexibility index (Phi) is 7.25. The van der Waals surface area contributed by atoms with Gasteiger partial charge in [0.05, 0.1) is 6.61 Å². The molecule has 1 heterocycles. The van der Waals surface area contributed by atoms with E-state index in [9.17, 15) is 4.79 Å². The van der Waals surface area contributed by atoms with Crippen molar-refractivity contribution in [2.24, 2.45) is 0 Å². The molecule has 1 aromatic rings. The number of hydrogen-bond acceptors (Lipinski definition) is 4. The molecule has 0 amide bonds. The fraction of sp³-hybridized carbons (Fsp3) is 0.727. The number of nitrogens with zero attached hydrogens (tertiary/aromatic N) is 2. The fourth-order valence-corrected chi connectivity index (χ4v) is 1.99. The Morgan fingerprint density at radius 3 is 2.84 bits per heavy atom. The number of aromatic amines is 1. The monoisotopic (exact) mass is 352 g/mol. The Morgan fingerprint density at radius 1 is 1.58 bits per heavy atom. The zero-order chi connectivity index (χ0) is 14.5. The maximum absolute atomic E-state index is 11.6. The van der Waals surface area contributed by atoms with Crippen LogP contribution in [0.4, 0.5) is 0 Å². The standard InChI is InChI=1S/C11H21N3O3Si.BrH/c1-5-17-11(15)10-13-12-8-14(10)9-16-6-7-18(2,3)4;/h8H,5-7,9H2,1-4H3;1H/i8D;. The Balaban J connectivity index is 0.00000361. The number of aromatic nitrogens is 3. The molecule has 110 valence electrons. The van der Waals surface area contributed by atoms with Crippen LogP contribution in [0.1, 0.15) is 18.9 Å². The molecule has 0 aromatic carbocycles. The van der Waals surface area contributed by atoms with Crippen molar-refractivity contribution in [2.45, 2.75) is 39.3 Å². The minimum absolute atomic E-state index is 0. The summed E-state index contributed by atoms with van der Waals surface area (Å²) >= 11 is 0. The first-order chi connectivity index (χ1) is 8.85. The Morgan fingerprint density at radius 2 is 2.26 bits per heavy atom. The Bertz CT molecular complexity index is 437. The molecule has 0 atom stereocenters. The van der Waals surface area contributed by atoms with E-state index in [0.717, 1.165) is 6.04 Å². The van der Waals surface area contributed by atoms with Gasteiger partial charge in [-0.2, -0.15) is 4.57 Å². The van der Waals surface area contributed by atoms with E-state index >= 15 is 0 Å². The number of nitrogens with one attached hydrogen (secondary N) is 1. The van der Waals surface area contributed by atoms with Gasteiger partial charge in [0, 0.05) is 14.7 Å². The molecule has 0 fully saturated rings. The number of carbonyl (C=O) groups excluding carboxylic acids is 1. The number of esters is 1. The van der Waals surface area contributed by atoms with Gasteiger partial charge >= 0.3 is 11.8 Å². The van der Waals surface area contributed by atoms with Crippen LogP contribution in [0.3, 0.4) is 0 Å². The summed E-state index contributed by atoms with van der Waals surface area (Å²) in [5.41, 5.74) is 0. The lowest BCUT2D eigenvalue weighted by Gasteiger charge is -2.14. The zero-order valence-corrected chi connectivity index (χ0v) is 14.4. The van der Waals surface area contributed by atoms with Crippen molar-refractivity contribution < 1.29 is 37.7 Å². The second-order valence-corrected chi connectivity index (χ2v) is 10.8. The molecule has 0 aliphatic heterocycles. The van der Waals surface area contributed by atoms with E-state index in [0.29, 0.717) is 6.61 Å². The molecule has 19 heavy (non-hydrogen) atoms. The SMILES string of the molecule is [2H]c1[nH+]nc(C(=O)OCC)n1COCC[Si](C)(C)C.[Br-]. The summed E-state index contributed by atoms with van der Waals surface area (Å²) in [6.07, 6.45) is 0.0241. The minimum Gasteiger partial charge on any atom is -1.00 e. The van der Waals surface area contributed by atoms with Crippen LogP contribution < -0.4 is 22.1 Å². The molecule has 0 aliphatic rings. The summed E-state index contributed by atoms with van der Waals surface area (Å²) in [6, 6.07) is 1.04. The molecule has 0 saturated heterocycles. The summed E-state index contributed by atoms with van der Waals surface area (Å²) < 4.78 is 19.4. The molecule has 1 N–H and O–H groups in total. The maximum atomic E-state index is 11.6. The predicted molar refractivity (Wildman–Crippen MR) is 68.8 cm³/mol. The van der Waals surface area contributed by atoms with Crippen molar-refractivity contribution >= 4 is 14.0 Å². The van der Waals surface area contributed by atoms with Crippen LogP contribution in [0.5, 0.6) is 0 Å². The van der Waals surface area contributed by atoms with E-state index in [1.807, 2.05) is 0 Å². The van der Waals surface area contributed by atoms with Crippen LogP contribution >= 0.6 is 0 Å². The van der Waals surface area contributed by atoms with Gasteiger partial charge in [0.1, 0.15) is 0 Å². The molecule has 0 aliphatic carbocycles. The first kappa shape index (κ1) is 16.3. The van der Waals surface area contributed by atoms with Crippen molar-refractivity contribution in [3.8, 4) is 0 Å². The maximum Gasteiger partial charge on any atom is 0.402 e. The number of hydrogen-bond donors (Lipinski definition) is 0. The molecule has 0 saturated carbocycles. The highest BCUT2D eigenvalue weighted by Crippen LogP contribution is 2.08. The molecule has 1 aromatic heterocycles. The van der Waals surface area contributed by atoms with Crippen LogP contribution in [0, 0.1) is 0 Å². The third-order valence-corrected chi connectivity index (χ3v) is 3.98. The Labute approximate surface area is 126 Å². The summed E-state index contributed by atoms with van der Waals surface area (Å²) in [4.78, 5) is 11.6. The van der Waals surface area contributed by atoms with Crippen molar-refractivity contribution in [1.29, 1.82) is 0 Å². The van der Waals surface area contributed by atoms with E-state index in [1.165, 1.54) is 4.57 Å². The number of rotatable bonds is 7. The van der Waals surface area contributed by atoms with Gasteiger partial charge in [-0.3, -0.25) is 0 Å². The molecular formula is C11H22BrN3O3Si. The lowest BCUT2D eigenvalue weighted by molar-refractivity contribution is -0.452. The molecular weight excluding hydrogens is 330 g/mol. The van der Waals surface area contributed by atoms with Gasteiger partial charge in [-0.05, 0) is 18.1 Å². The highest BCUT2D eigenvalue weighted by atomic mass is 79.9. The van der Waals surface area contributed by atoms with Crippen LogP contribution in [-0.2, 0) is 16.2 Å². The normalized spacial score (nSPS) is 11.7. The third kappa shape index (κ3) is 6.83. The highest BCUT2D eigenvalue weighted by Gasteiger charge is 2.21. The molecule has 0 unspecified atom stereocenters. The summed E-state index contributed by atoms with van der Waals surface area (Å²) in [5, 5.41) is 6.21. The molecule has 0 spiro atoms. The van der Waals surface area contributed by atoms with Gasteiger partial charge < -0.3 is 26.5 Å². The largest absolute Gasteiger partial charge is 1.00 e. The Hall–Kier alpha value is -0.733. The summed E-state index contributed by atoms with van der Waals surface area (Å²) in [7, 11) is -1.14. The minimum atomic E-state index is -1.14. The number of H-pyrrole nitrogens is 1. The van der Waals surface area contributed by atoms with Crippen LogP contribution in [-0.4, -0.2) is 36.9 Å². The molecule has 1 rings (SSSR count). The second-order valence-electron chi connectivity index (χ2n) is 5.16. The average Bonchev–Trinajstić information content (AvgIpc) is 2.65. The highest BCUT2D eigenvalue weighted by molar-refractivity contribution is 6.76. The van der Waals surface area contributed by atoms with Gasteiger partial charge in [-0.15, -0.1) is 5.10 Å². The van der Waals surface area contributed by atoms with Gasteiger partial charge in [-0.1, -0.05) is 19.6 Å². The van der Waals surface area contributed by atoms with E-state index < -0.39 is 14.0 Å². The smallest absolute Gasteiger partial charge is 0.402 e. The fourth-order valence-electron chi connectivity index (χ4n) is 1.23. The lowest BCUT2D eigenvalue weighted by Crippen LogP contribution is -3.00. The van der Waals surface area contributed by atoms with Gasteiger partial charge in [0.25, 0.3) is 6.30 Å². The topological polar surface area (TPSA) is 67.5 Å². The van der Waals surface area contributed by atoms with E-state index in [2.05, 4.69) is 29.8 Å².